The highest BCUT2D eigenvalue weighted by atomic mass is 32.2. The van der Waals surface area contributed by atoms with Crippen molar-refractivity contribution in [2.24, 2.45) is 0 Å². The molecule has 0 bridgehead atoms. The van der Waals surface area contributed by atoms with E-state index in [0.29, 0.717) is 25.5 Å². The molecule has 1 saturated heterocycles. The van der Waals surface area contributed by atoms with E-state index in [9.17, 15) is 13.2 Å². The van der Waals surface area contributed by atoms with Gasteiger partial charge in [0.2, 0.25) is 15.9 Å². The molecule has 35 heavy (non-hydrogen) atoms. The molecule has 4 rings (SSSR count). The molecule has 0 atom stereocenters. The van der Waals surface area contributed by atoms with Crippen molar-refractivity contribution >= 4 is 21.6 Å². The molecule has 9 heteroatoms. The summed E-state index contributed by atoms with van der Waals surface area (Å²) in [6.07, 6.45) is 1.49. The van der Waals surface area contributed by atoms with E-state index in [0.717, 1.165) is 29.9 Å². The largest absolute Gasteiger partial charge is 0.468 e. The SMILES string of the molecule is Cc1ccc(S(=O)(=O)N(CC(=O)N(C)Cc2ccccc2N2CCOCC2)Cc2ccco2)cc1. The zero-order valence-electron chi connectivity index (χ0n) is 20.1. The van der Waals surface area contributed by atoms with E-state index >= 15 is 0 Å². The third-order valence-electron chi connectivity index (χ3n) is 6.06. The lowest BCUT2D eigenvalue weighted by Gasteiger charge is -2.31. The van der Waals surface area contributed by atoms with Crippen LogP contribution in [0.1, 0.15) is 16.9 Å². The summed E-state index contributed by atoms with van der Waals surface area (Å²) in [6, 6.07) is 18.0. The minimum absolute atomic E-state index is 0.0346. The molecule has 1 aromatic heterocycles. The summed E-state index contributed by atoms with van der Waals surface area (Å²) in [5.41, 5.74) is 3.02. The predicted molar refractivity (Wildman–Crippen MR) is 133 cm³/mol. The van der Waals surface area contributed by atoms with Crippen LogP contribution in [0.5, 0.6) is 0 Å². The molecule has 1 fully saturated rings. The van der Waals surface area contributed by atoms with Crippen molar-refractivity contribution in [2.45, 2.75) is 24.9 Å². The van der Waals surface area contributed by atoms with Crippen LogP contribution in [0.4, 0.5) is 5.69 Å². The van der Waals surface area contributed by atoms with Crippen molar-refractivity contribution in [1.29, 1.82) is 0 Å². The first kappa shape index (κ1) is 25.0. The third kappa shape index (κ3) is 6.11. The topological polar surface area (TPSA) is 83.3 Å². The van der Waals surface area contributed by atoms with E-state index in [4.69, 9.17) is 9.15 Å². The molecular weight excluding hydrogens is 466 g/mol. The van der Waals surface area contributed by atoms with E-state index in [1.165, 1.54) is 10.6 Å². The number of carbonyl (C=O) groups is 1. The molecule has 0 unspecified atom stereocenters. The number of carbonyl (C=O) groups excluding carboxylic acids is 1. The average Bonchev–Trinajstić information content (AvgIpc) is 3.38. The molecule has 1 amide bonds. The van der Waals surface area contributed by atoms with Crippen molar-refractivity contribution < 1.29 is 22.4 Å². The number of morpholine rings is 1. The second kappa shape index (κ2) is 11.1. The van der Waals surface area contributed by atoms with Crippen LogP contribution in [-0.2, 0) is 32.6 Å². The van der Waals surface area contributed by atoms with Gasteiger partial charge in [0.05, 0.1) is 37.5 Å². The van der Waals surface area contributed by atoms with Crippen molar-refractivity contribution in [1.82, 2.24) is 9.21 Å². The lowest BCUT2D eigenvalue weighted by molar-refractivity contribution is -0.130. The number of furan rings is 1. The fraction of sp³-hybridized carbons (Fsp3) is 0.346. The first-order valence-electron chi connectivity index (χ1n) is 11.6. The molecule has 0 N–H and O–H groups in total. The molecule has 0 aliphatic carbocycles. The number of rotatable bonds is 9. The standard InChI is InChI=1S/C26H31N3O5S/c1-21-9-11-24(12-10-21)35(31,32)29(19-23-7-5-15-34-23)20-26(30)27(2)18-22-6-3-4-8-25(22)28-13-16-33-17-14-28/h3-12,15H,13-14,16-20H2,1-2H3. The highest BCUT2D eigenvalue weighted by Crippen LogP contribution is 2.24. The van der Waals surface area contributed by atoms with Crippen LogP contribution >= 0.6 is 0 Å². The van der Waals surface area contributed by atoms with Gasteiger partial charge in [-0.15, -0.1) is 0 Å². The summed E-state index contributed by atoms with van der Waals surface area (Å²) in [6.45, 7) is 4.85. The van der Waals surface area contributed by atoms with Crippen molar-refractivity contribution in [3.8, 4) is 0 Å². The van der Waals surface area contributed by atoms with Gasteiger partial charge in [0.25, 0.3) is 0 Å². The van der Waals surface area contributed by atoms with Crippen molar-refractivity contribution in [3.05, 3.63) is 83.8 Å². The second-order valence-electron chi connectivity index (χ2n) is 8.64. The number of para-hydroxylation sites is 1. The maximum absolute atomic E-state index is 13.4. The van der Waals surface area contributed by atoms with Crippen molar-refractivity contribution in [2.75, 3.05) is 44.8 Å². The summed E-state index contributed by atoms with van der Waals surface area (Å²) in [7, 11) is -2.22. The number of hydrogen-bond acceptors (Lipinski definition) is 6. The highest BCUT2D eigenvalue weighted by Gasteiger charge is 2.29. The monoisotopic (exact) mass is 497 g/mol. The summed E-state index contributed by atoms with van der Waals surface area (Å²) >= 11 is 0. The van der Waals surface area contributed by atoms with E-state index in [-0.39, 0.29) is 23.9 Å². The zero-order chi connectivity index (χ0) is 24.8. The Hall–Kier alpha value is -3.14. The van der Waals surface area contributed by atoms with Gasteiger partial charge in [-0.3, -0.25) is 4.79 Å². The van der Waals surface area contributed by atoms with E-state index in [1.807, 2.05) is 31.2 Å². The number of hydrogen-bond donors (Lipinski definition) is 0. The molecule has 8 nitrogen and oxygen atoms in total. The summed E-state index contributed by atoms with van der Waals surface area (Å²) in [5.74, 6) is 0.165. The fourth-order valence-electron chi connectivity index (χ4n) is 4.03. The second-order valence-corrected chi connectivity index (χ2v) is 10.6. The Kier molecular flexibility index (Phi) is 7.90. The number of aryl methyl sites for hydroxylation is 1. The minimum atomic E-state index is -3.92. The lowest BCUT2D eigenvalue weighted by Crippen LogP contribution is -2.41. The number of sulfonamides is 1. The average molecular weight is 498 g/mol. The fourth-order valence-corrected chi connectivity index (χ4v) is 5.39. The van der Waals surface area contributed by atoms with Crippen LogP contribution in [0.25, 0.3) is 0 Å². The van der Waals surface area contributed by atoms with Gasteiger partial charge < -0.3 is 19.0 Å². The molecule has 1 aliphatic heterocycles. The first-order chi connectivity index (χ1) is 16.8. The first-order valence-corrected chi connectivity index (χ1v) is 13.0. The Balaban J connectivity index is 1.52. The van der Waals surface area contributed by atoms with Crippen LogP contribution in [0.15, 0.2) is 76.2 Å². The molecule has 1 aliphatic rings. The van der Waals surface area contributed by atoms with Crippen LogP contribution in [0.3, 0.4) is 0 Å². The van der Waals surface area contributed by atoms with Crippen LogP contribution in [0.2, 0.25) is 0 Å². The molecule has 3 aromatic rings. The molecule has 0 spiro atoms. The summed E-state index contributed by atoms with van der Waals surface area (Å²) in [4.78, 5) is 17.2. The van der Waals surface area contributed by atoms with Crippen LogP contribution in [0, 0.1) is 6.92 Å². The van der Waals surface area contributed by atoms with Gasteiger partial charge >= 0.3 is 0 Å². The van der Waals surface area contributed by atoms with Gasteiger partial charge in [-0.25, -0.2) is 8.42 Å². The Bertz CT molecular complexity index is 1220. The molecule has 2 heterocycles. The molecule has 2 aromatic carbocycles. The van der Waals surface area contributed by atoms with Crippen LogP contribution < -0.4 is 4.90 Å². The molecule has 186 valence electrons. The van der Waals surface area contributed by atoms with E-state index in [1.54, 1.807) is 48.3 Å². The number of ether oxygens (including phenoxy) is 1. The van der Waals surface area contributed by atoms with Gasteiger partial charge in [-0.2, -0.15) is 4.31 Å². The molecule has 0 saturated carbocycles. The Labute approximate surface area is 206 Å². The molecular formula is C26H31N3O5S. The van der Waals surface area contributed by atoms with E-state index in [2.05, 4.69) is 4.90 Å². The Morgan fingerprint density at radius 3 is 2.37 bits per heavy atom. The summed E-state index contributed by atoms with van der Waals surface area (Å²) < 4.78 is 38.9. The van der Waals surface area contributed by atoms with Crippen molar-refractivity contribution in [3.63, 3.8) is 0 Å². The van der Waals surface area contributed by atoms with Gasteiger partial charge in [0.1, 0.15) is 5.76 Å². The summed E-state index contributed by atoms with van der Waals surface area (Å²) in [5, 5.41) is 0. The number of benzene rings is 2. The van der Waals surface area contributed by atoms with Gasteiger partial charge in [0, 0.05) is 32.4 Å². The van der Waals surface area contributed by atoms with Gasteiger partial charge in [-0.05, 0) is 42.8 Å². The lowest BCUT2D eigenvalue weighted by atomic mass is 10.1. The molecule has 0 radical (unpaired) electrons. The zero-order valence-corrected chi connectivity index (χ0v) is 20.9. The smallest absolute Gasteiger partial charge is 0.243 e. The third-order valence-corrected chi connectivity index (χ3v) is 7.87. The predicted octanol–water partition coefficient (Wildman–Crippen LogP) is 3.27. The normalized spacial score (nSPS) is 14.3. The minimum Gasteiger partial charge on any atom is -0.468 e. The number of amides is 1. The number of likely N-dealkylation sites (N-methyl/N-ethyl adjacent to an activating group) is 1. The quantitative estimate of drug-likeness (QED) is 0.451. The number of anilines is 1. The van der Waals surface area contributed by atoms with E-state index < -0.39 is 10.0 Å². The Morgan fingerprint density at radius 2 is 1.69 bits per heavy atom. The van der Waals surface area contributed by atoms with Gasteiger partial charge in [0.15, 0.2) is 0 Å². The maximum atomic E-state index is 13.4. The number of nitrogens with zero attached hydrogens (tertiary/aromatic N) is 3. The maximum Gasteiger partial charge on any atom is 0.243 e. The van der Waals surface area contributed by atoms with Crippen LogP contribution in [-0.4, -0.2) is 63.4 Å². The van der Waals surface area contributed by atoms with Gasteiger partial charge in [-0.1, -0.05) is 35.9 Å². The highest BCUT2D eigenvalue weighted by molar-refractivity contribution is 7.89. The Morgan fingerprint density at radius 1 is 0.971 bits per heavy atom.